The second-order valence-electron chi connectivity index (χ2n) is 0. The van der Waals surface area contributed by atoms with Crippen molar-refractivity contribution in [3.05, 3.63) is 0 Å². The maximum atomic E-state index is 0. The monoisotopic (exact) mass is 96.0 g/mol. The predicted octanol–water partition coefficient (Wildman–Crippen LogP) is -12.0. The van der Waals surface area contributed by atoms with Crippen LogP contribution in [0.4, 0.5) is 0 Å². The van der Waals surface area contributed by atoms with Gasteiger partial charge < -0.3 is 14.1 Å². The summed E-state index contributed by atoms with van der Waals surface area (Å²) in [6.07, 6.45) is 0. The summed E-state index contributed by atoms with van der Waals surface area (Å²) in [5.74, 6) is 0. The molecule has 0 aliphatic heterocycles. The van der Waals surface area contributed by atoms with E-state index in [9.17, 15) is 0 Å². The van der Waals surface area contributed by atoms with Crippen molar-refractivity contribution in [2.75, 3.05) is 0 Å². The minimum absolute atomic E-state index is 0. The Hall–Kier alpha value is 0.737. The molecule has 5 heavy (non-hydrogen) atoms. The molecular weight excluding hydrogens is 96.0 g/mol. The molecule has 0 amide bonds. The van der Waals surface area contributed by atoms with Crippen LogP contribution in [0.5, 0.6) is 0 Å². The van der Waals surface area contributed by atoms with E-state index < -0.39 is 0 Å². The van der Waals surface area contributed by atoms with E-state index in [0.29, 0.717) is 0 Å². The maximum absolute atomic E-state index is 0. The third-order valence-electron chi connectivity index (χ3n) is 0. The van der Waals surface area contributed by atoms with E-state index in [1.807, 2.05) is 0 Å². The molecule has 0 fully saturated rings. The molecule has 28 valence electrons. The quantitative estimate of drug-likeness (QED) is 0.263. The van der Waals surface area contributed by atoms with Crippen molar-refractivity contribution < 1.29 is 33.0 Å². The molecule has 0 nitrogen and oxygen atoms in total. The van der Waals surface area contributed by atoms with Crippen LogP contribution in [-0.2, 0) is 13.5 Å². The Kier molecular flexibility index (Phi) is 5760. The Labute approximate surface area is 47.0 Å². The van der Waals surface area contributed by atoms with Crippen LogP contribution in [0.2, 0.25) is 0 Å². The zero-order chi connectivity index (χ0) is 0. The molecule has 0 aromatic rings. The molecule has 4 radical (unpaired) electrons. The molecule has 0 heterocycles. The summed E-state index contributed by atoms with van der Waals surface area (Å²) in [5, 5.41) is 0. The Balaban J connectivity index is 0. The van der Waals surface area contributed by atoms with Crippen LogP contribution < -0.4 is 33.0 Å². The molecule has 0 aliphatic carbocycles. The molecule has 0 spiro atoms. The number of hydrogen-bond donors (Lipinski definition) is 0. The molecule has 5 heteroatoms. The van der Waals surface area contributed by atoms with Gasteiger partial charge in [0.05, 0.1) is 0 Å². The molecule has 0 saturated heterocycles. The second-order valence-corrected chi connectivity index (χ2v) is 0. The van der Waals surface area contributed by atoms with E-state index in [1.165, 1.54) is 0 Å². The number of rotatable bonds is 0. The van der Waals surface area contributed by atoms with Crippen LogP contribution in [0.3, 0.4) is 0 Å². The molecule has 0 rings (SSSR count). The van der Waals surface area contributed by atoms with Gasteiger partial charge in [0.1, 0.15) is 0 Å². The minimum atomic E-state index is 0. The van der Waals surface area contributed by atoms with E-state index in [2.05, 4.69) is 0 Å². The van der Waals surface area contributed by atoms with Crippen molar-refractivity contribution in [2.24, 2.45) is 0 Å². The van der Waals surface area contributed by atoms with Gasteiger partial charge >= 0.3 is 32.4 Å². The third kappa shape index (κ3) is 65.3. The van der Waals surface area contributed by atoms with Gasteiger partial charge in [0.25, 0.3) is 0 Å². The molecule has 0 N–H and O–H groups in total. The van der Waals surface area contributed by atoms with Gasteiger partial charge in [0.15, 0.2) is 0 Å². The van der Waals surface area contributed by atoms with Crippen LogP contribution >= 0.6 is 0 Å². The summed E-state index contributed by atoms with van der Waals surface area (Å²) in [5.41, 5.74) is 0. The zero-order valence-electron chi connectivity index (χ0n) is 2.54. The first-order chi connectivity index (χ1) is 0. The molecule has 0 bridgehead atoms. The van der Waals surface area contributed by atoms with Crippen LogP contribution in [0.25, 0.3) is 0 Å². The standard InChI is InChI=1S/3FH.Li.S/h3*1H;;/q;;;+1;+2/p-3. The Morgan fingerprint density at radius 2 is 0.600 bits per heavy atom. The first-order valence-corrected chi connectivity index (χ1v) is 0. The summed E-state index contributed by atoms with van der Waals surface area (Å²) < 4.78 is 0. The van der Waals surface area contributed by atoms with Crippen LogP contribution in [0.1, 0.15) is 0 Å². The van der Waals surface area contributed by atoms with E-state index in [1.54, 1.807) is 0 Å². The van der Waals surface area contributed by atoms with Crippen LogP contribution in [0, 0.1) is 0 Å². The topological polar surface area (TPSA) is 0 Å². The van der Waals surface area contributed by atoms with Gasteiger partial charge in [-0.3, -0.25) is 0 Å². The molecule has 0 aliphatic rings. The number of hydrogen-bond acceptors (Lipinski definition) is 0. The van der Waals surface area contributed by atoms with E-state index in [0.717, 1.165) is 0 Å². The van der Waals surface area contributed by atoms with Crippen molar-refractivity contribution in [3.63, 3.8) is 0 Å². The molecule has 0 atom stereocenters. The molecule has 0 saturated carbocycles. The Bertz CT molecular complexity index is 6.85. The van der Waals surface area contributed by atoms with Gasteiger partial charge in [-0.25, -0.2) is 0 Å². The molecular formula is F3LiS. The SMILES string of the molecule is [F-].[F-].[F-].[Li+].[S+2]. The molecule has 0 aromatic heterocycles. The second kappa shape index (κ2) is 122. The summed E-state index contributed by atoms with van der Waals surface area (Å²) in [7, 11) is 0. The van der Waals surface area contributed by atoms with Crippen molar-refractivity contribution in [1.82, 2.24) is 0 Å². The average molecular weight is 96.0 g/mol. The van der Waals surface area contributed by atoms with Gasteiger partial charge in [-0.05, 0) is 0 Å². The first-order valence-electron chi connectivity index (χ1n) is 0. The summed E-state index contributed by atoms with van der Waals surface area (Å²) in [6, 6.07) is 0. The van der Waals surface area contributed by atoms with Crippen LogP contribution in [-0.4, -0.2) is 0 Å². The van der Waals surface area contributed by atoms with Crippen molar-refractivity contribution >= 4 is 13.5 Å². The van der Waals surface area contributed by atoms with Gasteiger partial charge in [-0.2, -0.15) is 0 Å². The Morgan fingerprint density at radius 3 is 0.600 bits per heavy atom. The fourth-order valence-corrected chi connectivity index (χ4v) is 0. The predicted molar refractivity (Wildman–Crippen MR) is 7.37 cm³/mol. The van der Waals surface area contributed by atoms with Gasteiger partial charge in [0, 0.05) is 0 Å². The summed E-state index contributed by atoms with van der Waals surface area (Å²) >= 11 is 0. The molecule has 0 unspecified atom stereocenters. The van der Waals surface area contributed by atoms with E-state index >= 15 is 0 Å². The fraction of sp³-hybridized carbons (Fsp3) is 0. The fourth-order valence-electron chi connectivity index (χ4n) is 0. The largest absolute Gasteiger partial charge is 2.00 e. The summed E-state index contributed by atoms with van der Waals surface area (Å²) in [6.45, 7) is 0. The first kappa shape index (κ1) is 237. The zero-order valence-corrected chi connectivity index (χ0v) is 3.36. The minimum Gasteiger partial charge on any atom is -1.00 e. The Morgan fingerprint density at radius 1 is 0.600 bits per heavy atom. The van der Waals surface area contributed by atoms with Crippen molar-refractivity contribution in [3.8, 4) is 0 Å². The summed E-state index contributed by atoms with van der Waals surface area (Å²) in [4.78, 5) is 0. The number of halogens is 3. The normalized spacial score (nSPS) is 0. The van der Waals surface area contributed by atoms with Crippen molar-refractivity contribution in [1.29, 1.82) is 0 Å². The molecule has 0 aromatic carbocycles. The van der Waals surface area contributed by atoms with E-state index in [4.69, 9.17) is 0 Å². The van der Waals surface area contributed by atoms with Crippen molar-refractivity contribution in [2.45, 2.75) is 0 Å². The van der Waals surface area contributed by atoms with Crippen LogP contribution in [0.15, 0.2) is 0 Å². The maximum Gasteiger partial charge on any atom is 2.00 e. The van der Waals surface area contributed by atoms with Gasteiger partial charge in [-0.15, -0.1) is 0 Å². The van der Waals surface area contributed by atoms with E-state index in [-0.39, 0.29) is 46.5 Å². The smallest absolute Gasteiger partial charge is 1.00 e. The third-order valence-corrected chi connectivity index (χ3v) is 0. The van der Waals surface area contributed by atoms with Gasteiger partial charge in [0.2, 0.25) is 0 Å². The average Bonchev–Trinajstić information content (AvgIpc) is 0. The van der Waals surface area contributed by atoms with Gasteiger partial charge in [-0.1, -0.05) is 0 Å².